The van der Waals surface area contributed by atoms with E-state index in [-0.39, 0.29) is 11.9 Å². The van der Waals surface area contributed by atoms with Crippen molar-refractivity contribution in [1.82, 2.24) is 0 Å². The zero-order valence-electron chi connectivity index (χ0n) is 13.8. The SMILES string of the molecule is CC1CN(Oc2ccccc2)c2ccccc2N1C(=O)c1ccco1. The summed E-state index contributed by atoms with van der Waals surface area (Å²) in [5.74, 6) is 0.943. The van der Waals surface area contributed by atoms with Gasteiger partial charge in [0.15, 0.2) is 11.5 Å². The monoisotopic (exact) mass is 334 g/mol. The molecule has 1 unspecified atom stereocenters. The van der Waals surface area contributed by atoms with E-state index in [9.17, 15) is 4.79 Å². The lowest BCUT2D eigenvalue weighted by Crippen LogP contribution is -2.51. The van der Waals surface area contributed by atoms with Crippen molar-refractivity contribution in [1.29, 1.82) is 0 Å². The largest absolute Gasteiger partial charge is 0.459 e. The molecule has 0 fully saturated rings. The van der Waals surface area contributed by atoms with Crippen molar-refractivity contribution >= 4 is 17.3 Å². The summed E-state index contributed by atoms with van der Waals surface area (Å²) < 4.78 is 5.30. The number of furan rings is 1. The molecule has 5 heteroatoms. The van der Waals surface area contributed by atoms with E-state index in [1.54, 1.807) is 17.0 Å². The molecule has 1 aromatic heterocycles. The number of benzene rings is 2. The molecule has 0 N–H and O–H groups in total. The fourth-order valence-electron chi connectivity index (χ4n) is 3.06. The summed E-state index contributed by atoms with van der Waals surface area (Å²) in [6.07, 6.45) is 1.51. The number of rotatable bonds is 3. The quantitative estimate of drug-likeness (QED) is 0.722. The Bertz CT molecular complexity index is 862. The van der Waals surface area contributed by atoms with Crippen LogP contribution in [0.4, 0.5) is 11.4 Å². The van der Waals surface area contributed by atoms with Crippen molar-refractivity contribution in [3.05, 3.63) is 78.8 Å². The Morgan fingerprint density at radius 2 is 1.72 bits per heavy atom. The predicted molar refractivity (Wildman–Crippen MR) is 95.8 cm³/mol. The summed E-state index contributed by atoms with van der Waals surface area (Å²) in [6, 6.07) is 20.7. The van der Waals surface area contributed by atoms with Crippen LogP contribution < -0.4 is 14.8 Å². The molecule has 1 amide bonds. The molecule has 0 spiro atoms. The minimum atomic E-state index is -0.149. The number of para-hydroxylation sites is 3. The van der Waals surface area contributed by atoms with Crippen LogP contribution in [0, 0.1) is 0 Å². The average molecular weight is 334 g/mol. The van der Waals surface area contributed by atoms with Gasteiger partial charge < -0.3 is 9.25 Å². The van der Waals surface area contributed by atoms with Gasteiger partial charge in [-0.15, -0.1) is 0 Å². The van der Waals surface area contributed by atoms with Crippen LogP contribution in [0.1, 0.15) is 17.5 Å². The molecule has 0 saturated heterocycles. The molecule has 126 valence electrons. The Morgan fingerprint density at radius 1 is 1.00 bits per heavy atom. The third kappa shape index (κ3) is 2.85. The summed E-state index contributed by atoms with van der Waals surface area (Å²) in [5, 5.41) is 1.83. The summed E-state index contributed by atoms with van der Waals surface area (Å²) >= 11 is 0. The second kappa shape index (κ2) is 6.36. The van der Waals surface area contributed by atoms with Gasteiger partial charge in [0.05, 0.1) is 30.2 Å². The lowest BCUT2D eigenvalue weighted by Gasteiger charge is -2.40. The van der Waals surface area contributed by atoms with Gasteiger partial charge >= 0.3 is 0 Å². The molecular weight excluding hydrogens is 316 g/mol. The maximum atomic E-state index is 12.9. The minimum absolute atomic E-state index is 0.0730. The van der Waals surface area contributed by atoms with Gasteiger partial charge in [0.2, 0.25) is 0 Å². The number of nitrogens with zero attached hydrogens (tertiary/aromatic N) is 2. The number of hydroxylamine groups is 1. The minimum Gasteiger partial charge on any atom is -0.459 e. The van der Waals surface area contributed by atoms with E-state index >= 15 is 0 Å². The summed E-state index contributed by atoms with van der Waals surface area (Å²) in [5.41, 5.74) is 1.66. The normalized spacial score (nSPS) is 16.4. The Balaban J connectivity index is 1.69. The zero-order chi connectivity index (χ0) is 17.2. The first-order valence-corrected chi connectivity index (χ1v) is 8.20. The first-order chi connectivity index (χ1) is 12.2. The second-order valence-corrected chi connectivity index (χ2v) is 5.96. The highest BCUT2D eigenvalue weighted by Gasteiger charge is 2.34. The van der Waals surface area contributed by atoms with E-state index in [0.29, 0.717) is 12.3 Å². The highest BCUT2D eigenvalue weighted by Crippen LogP contribution is 2.36. The van der Waals surface area contributed by atoms with Crippen molar-refractivity contribution in [2.45, 2.75) is 13.0 Å². The molecule has 0 bridgehead atoms. The van der Waals surface area contributed by atoms with E-state index in [1.165, 1.54) is 6.26 Å². The summed E-state index contributed by atoms with van der Waals surface area (Å²) in [4.78, 5) is 20.7. The summed E-state index contributed by atoms with van der Waals surface area (Å²) in [6.45, 7) is 2.55. The molecule has 0 aliphatic carbocycles. The Hall–Kier alpha value is -3.21. The number of carbonyl (C=O) groups is 1. The molecule has 3 aromatic rings. The first-order valence-electron chi connectivity index (χ1n) is 8.20. The molecule has 4 rings (SSSR count). The number of hydrogen-bond acceptors (Lipinski definition) is 4. The van der Waals surface area contributed by atoms with E-state index in [2.05, 4.69) is 0 Å². The van der Waals surface area contributed by atoms with Crippen molar-refractivity contribution in [2.75, 3.05) is 16.5 Å². The number of amides is 1. The van der Waals surface area contributed by atoms with Crippen molar-refractivity contribution in [3.63, 3.8) is 0 Å². The molecule has 0 radical (unpaired) electrons. The molecular formula is C20H18N2O3. The van der Waals surface area contributed by atoms with Crippen molar-refractivity contribution in [3.8, 4) is 5.75 Å². The van der Waals surface area contributed by atoms with E-state index < -0.39 is 0 Å². The number of hydrogen-bond donors (Lipinski definition) is 0. The van der Waals surface area contributed by atoms with Gasteiger partial charge in [0, 0.05) is 0 Å². The molecule has 2 aromatic carbocycles. The van der Waals surface area contributed by atoms with Crippen molar-refractivity contribution < 1.29 is 14.0 Å². The number of anilines is 2. The Morgan fingerprint density at radius 3 is 2.44 bits per heavy atom. The smallest absolute Gasteiger partial charge is 0.294 e. The Labute approximate surface area is 146 Å². The molecule has 1 aliphatic heterocycles. The van der Waals surface area contributed by atoms with Crippen LogP contribution in [0.25, 0.3) is 0 Å². The van der Waals surface area contributed by atoms with Crippen LogP contribution in [0.5, 0.6) is 5.75 Å². The maximum absolute atomic E-state index is 12.9. The van der Waals surface area contributed by atoms with Gasteiger partial charge in [0.25, 0.3) is 5.91 Å². The molecule has 1 atom stereocenters. The zero-order valence-corrected chi connectivity index (χ0v) is 13.8. The standard InChI is InChI=1S/C20H18N2O3/c1-15-14-21(25-16-8-3-2-4-9-16)17-10-5-6-11-18(17)22(15)20(23)19-12-7-13-24-19/h2-13,15H,14H2,1H3. The second-order valence-electron chi connectivity index (χ2n) is 5.96. The Kier molecular flexibility index (Phi) is 3.90. The third-order valence-corrected chi connectivity index (χ3v) is 4.19. The van der Waals surface area contributed by atoms with E-state index in [4.69, 9.17) is 9.25 Å². The van der Waals surface area contributed by atoms with Gasteiger partial charge in [-0.05, 0) is 43.3 Å². The van der Waals surface area contributed by atoms with Gasteiger partial charge in [-0.1, -0.05) is 30.3 Å². The molecule has 1 aliphatic rings. The maximum Gasteiger partial charge on any atom is 0.294 e. The van der Waals surface area contributed by atoms with Crippen LogP contribution >= 0.6 is 0 Å². The summed E-state index contributed by atoms with van der Waals surface area (Å²) in [7, 11) is 0. The number of fused-ring (bicyclic) bond motifs is 1. The van der Waals surface area contributed by atoms with Crippen LogP contribution in [-0.2, 0) is 0 Å². The highest BCUT2D eigenvalue weighted by molar-refractivity contribution is 6.07. The van der Waals surface area contributed by atoms with Crippen molar-refractivity contribution in [2.24, 2.45) is 0 Å². The fraction of sp³-hybridized carbons (Fsp3) is 0.150. The predicted octanol–water partition coefficient (Wildman–Crippen LogP) is 4.13. The van der Waals surface area contributed by atoms with Gasteiger partial charge in [-0.2, -0.15) is 0 Å². The van der Waals surface area contributed by atoms with Gasteiger partial charge in [0.1, 0.15) is 0 Å². The fourth-order valence-corrected chi connectivity index (χ4v) is 3.06. The lowest BCUT2D eigenvalue weighted by molar-refractivity contribution is 0.0946. The van der Waals surface area contributed by atoms with Crippen LogP contribution in [0.2, 0.25) is 0 Å². The van der Waals surface area contributed by atoms with E-state index in [1.807, 2.05) is 66.6 Å². The van der Waals surface area contributed by atoms with Gasteiger partial charge in [-0.25, -0.2) is 5.06 Å². The van der Waals surface area contributed by atoms with E-state index in [0.717, 1.165) is 17.1 Å². The topological polar surface area (TPSA) is 45.9 Å². The number of carbonyl (C=O) groups excluding carboxylic acids is 1. The molecule has 0 saturated carbocycles. The van der Waals surface area contributed by atoms with Gasteiger partial charge in [-0.3, -0.25) is 9.69 Å². The first kappa shape index (κ1) is 15.3. The molecule has 2 heterocycles. The highest BCUT2D eigenvalue weighted by atomic mass is 16.7. The third-order valence-electron chi connectivity index (χ3n) is 4.19. The average Bonchev–Trinajstić information content (AvgIpc) is 3.17. The van der Waals surface area contributed by atoms with Crippen LogP contribution in [0.15, 0.2) is 77.4 Å². The lowest BCUT2D eigenvalue weighted by atomic mass is 10.1. The van der Waals surface area contributed by atoms with Crippen LogP contribution in [-0.4, -0.2) is 18.5 Å². The van der Waals surface area contributed by atoms with Crippen LogP contribution in [0.3, 0.4) is 0 Å². The molecule has 5 nitrogen and oxygen atoms in total. The molecule has 25 heavy (non-hydrogen) atoms.